The number of anilines is 1. The summed E-state index contributed by atoms with van der Waals surface area (Å²) in [6.07, 6.45) is 7.36. The van der Waals surface area contributed by atoms with Crippen molar-refractivity contribution in [1.29, 1.82) is 0 Å². The molecule has 1 aromatic heterocycles. The zero-order valence-corrected chi connectivity index (χ0v) is 13.0. The van der Waals surface area contributed by atoms with Crippen molar-refractivity contribution >= 4 is 27.7 Å². The van der Waals surface area contributed by atoms with Crippen LogP contribution in [-0.4, -0.2) is 30.2 Å². The monoisotopic (exact) mass is 340 g/mol. The van der Waals surface area contributed by atoms with E-state index in [0.29, 0.717) is 5.82 Å². The molecular formula is C14H17BrN2O3. The van der Waals surface area contributed by atoms with Gasteiger partial charge in [0, 0.05) is 24.7 Å². The normalized spacial score (nSPS) is 21.6. The van der Waals surface area contributed by atoms with Gasteiger partial charge in [-0.15, -0.1) is 0 Å². The highest BCUT2D eigenvalue weighted by molar-refractivity contribution is 9.10. The first kappa shape index (κ1) is 15.0. The van der Waals surface area contributed by atoms with E-state index in [0.717, 1.165) is 17.3 Å². The van der Waals surface area contributed by atoms with Crippen molar-refractivity contribution in [3.8, 4) is 0 Å². The van der Waals surface area contributed by atoms with Gasteiger partial charge in [0.2, 0.25) is 0 Å². The summed E-state index contributed by atoms with van der Waals surface area (Å²) < 4.78 is 6.33. The molecule has 2 atom stereocenters. The Morgan fingerprint density at radius 1 is 1.50 bits per heavy atom. The Bertz CT molecular complexity index is 490. The molecule has 0 spiro atoms. The molecule has 0 saturated carbocycles. The smallest absolute Gasteiger partial charge is 0.329 e. The van der Waals surface area contributed by atoms with Crippen LogP contribution in [0.4, 0.5) is 5.82 Å². The van der Waals surface area contributed by atoms with E-state index >= 15 is 0 Å². The minimum Gasteiger partial charge on any atom is -0.375 e. The van der Waals surface area contributed by atoms with Gasteiger partial charge in [-0.05, 0) is 40.9 Å². The standard InChI is InChI=1S/C14H17BrN2O3/c1-10(18)20-17(14-8-7-11(15)9-16-14)12-5-3-4-6-13(12)19-2/h4,6-9,12-13H,3,5H2,1-2H3/t12-,13-/m0/s1. The number of hydrogen-bond donors (Lipinski definition) is 0. The van der Waals surface area contributed by atoms with E-state index < -0.39 is 0 Å². The highest BCUT2D eigenvalue weighted by atomic mass is 79.9. The van der Waals surface area contributed by atoms with Crippen molar-refractivity contribution in [3.05, 3.63) is 35.0 Å². The Morgan fingerprint density at radius 3 is 2.90 bits per heavy atom. The lowest BCUT2D eigenvalue weighted by atomic mass is 9.98. The molecule has 1 aliphatic rings. The molecular weight excluding hydrogens is 324 g/mol. The lowest BCUT2D eigenvalue weighted by Crippen LogP contribution is -2.46. The van der Waals surface area contributed by atoms with Crippen LogP contribution in [0, 0.1) is 0 Å². The molecule has 20 heavy (non-hydrogen) atoms. The number of nitrogens with zero attached hydrogens (tertiary/aromatic N) is 2. The summed E-state index contributed by atoms with van der Waals surface area (Å²) in [7, 11) is 1.65. The molecule has 1 aromatic rings. The van der Waals surface area contributed by atoms with E-state index in [2.05, 4.69) is 27.0 Å². The number of carbonyl (C=O) groups is 1. The van der Waals surface area contributed by atoms with Crippen molar-refractivity contribution in [2.45, 2.75) is 31.9 Å². The molecule has 6 heteroatoms. The van der Waals surface area contributed by atoms with Gasteiger partial charge in [0.1, 0.15) is 0 Å². The topological polar surface area (TPSA) is 51.7 Å². The number of aromatic nitrogens is 1. The summed E-state index contributed by atoms with van der Waals surface area (Å²) in [6, 6.07) is 3.58. The van der Waals surface area contributed by atoms with Crippen LogP contribution in [0.25, 0.3) is 0 Å². The van der Waals surface area contributed by atoms with Crippen LogP contribution in [0.2, 0.25) is 0 Å². The second-order valence-corrected chi connectivity index (χ2v) is 5.43. The Morgan fingerprint density at radius 2 is 2.30 bits per heavy atom. The zero-order chi connectivity index (χ0) is 14.5. The largest absolute Gasteiger partial charge is 0.375 e. The number of pyridine rings is 1. The minimum absolute atomic E-state index is 0.0809. The molecule has 0 fully saturated rings. The van der Waals surface area contributed by atoms with E-state index in [1.54, 1.807) is 24.4 Å². The van der Waals surface area contributed by atoms with Crippen LogP contribution in [0.5, 0.6) is 0 Å². The number of ether oxygens (including phenoxy) is 1. The van der Waals surface area contributed by atoms with Gasteiger partial charge in [0.05, 0.1) is 12.1 Å². The molecule has 0 aliphatic heterocycles. The SMILES string of the molecule is CO[C@H]1C=CCC[C@@H]1N(OC(C)=O)c1ccc(Br)cn1. The number of hydrogen-bond acceptors (Lipinski definition) is 5. The quantitative estimate of drug-likeness (QED) is 0.623. The molecule has 0 aromatic carbocycles. The molecule has 108 valence electrons. The van der Waals surface area contributed by atoms with Crippen LogP contribution >= 0.6 is 15.9 Å². The van der Waals surface area contributed by atoms with Gasteiger partial charge in [-0.2, -0.15) is 5.06 Å². The van der Waals surface area contributed by atoms with Gasteiger partial charge in [-0.25, -0.2) is 4.98 Å². The van der Waals surface area contributed by atoms with Crippen LogP contribution in [0.15, 0.2) is 35.0 Å². The van der Waals surface area contributed by atoms with Crippen molar-refractivity contribution in [2.24, 2.45) is 0 Å². The zero-order valence-electron chi connectivity index (χ0n) is 11.5. The summed E-state index contributed by atoms with van der Waals surface area (Å²) in [5.74, 6) is 0.213. The van der Waals surface area contributed by atoms with Crippen LogP contribution < -0.4 is 5.06 Å². The predicted octanol–water partition coefficient (Wildman–Crippen LogP) is 2.86. The Kier molecular flexibility index (Phi) is 5.14. The number of hydroxylamine groups is 1. The summed E-state index contributed by atoms with van der Waals surface area (Å²) in [5, 5.41) is 1.55. The number of allylic oxidation sites excluding steroid dienone is 1. The van der Waals surface area contributed by atoms with Crippen molar-refractivity contribution in [2.75, 3.05) is 12.2 Å². The van der Waals surface area contributed by atoms with Crippen molar-refractivity contribution in [3.63, 3.8) is 0 Å². The summed E-state index contributed by atoms with van der Waals surface area (Å²) in [5.41, 5.74) is 0. The molecule has 5 nitrogen and oxygen atoms in total. The second-order valence-electron chi connectivity index (χ2n) is 4.52. The third-order valence-electron chi connectivity index (χ3n) is 3.07. The van der Waals surface area contributed by atoms with Crippen LogP contribution in [-0.2, 0) is 14.4 Å². The molecule has 1 aliphatic carbocycles. The first-order valence-electron chi connectivity index (χ1n) is 6.40. The van der Waals surface area contributed by atoms with E-state index in [1.165, 1.54) is 6.92 Å². The van der Waals surface area contributed by atoms with Gasteiger partial charge in [-0.1, -0.05) is 12.2 Å². The third-order valence-corrected chi connectivity index (χ3v) is 3.54. The van der Waals surface area contributed by atoms with Crippen molar-refractivity contribution in [1.82, 2.24) is 4.98 Å². The van der Waals surface area contributed by atoms with Gasteiger partial charge < -0.3 is 9.57 Å². The lowest BCUT2D eigenvalue weighted by Gasteiger charge is -2.35. The highest BCUT2D eigenvalue weighted by Crippen LogP contribution is 2.26. The minimum atomic E-state index is -0.376. The molecule has 0 N–H and O–H groups in total. The van der Waals surface area contributed by atoms with Gasteiger partial charge >= 0.3 is 5.97 Å². The van der Waals surface area contributed by atoms with E-state index in [1.807, 2.05) is 12.1 Å². The summed E-state index contributed by atoms with van der Waals surface area (Å²) in [4.78, 5) is 21.0. The van der Waals surface area contributed by atoms with Gasteiger partial charge in [-0.3, -0.25) is 4.79 Å². The predicted molar refractivity (Wildman–Crippen MR) is 79.1 cm³/mol. The van der Waals surface area contributed by atoms with Crippen LogP contribution in [0.1, 0.15) is 19.8 Å². The van der Waals surface area contributed by atoms with E-state index in [9.17, 15) is 4.79 Å². The Labute approximate surface area is 126 Å². The Balaban J connectivity index is 2.29. The molecule has 2 rings (SSSR count). The average Bonchev–Trinajstić information content (AvgIpc) is 2.45. The number of halogens is 1. The fraction of sp³-hybridized carbons (Fsp3) is 0.429. The van der Waals surface area contributed by atoms with Gasteiger partial charge in [0.25, 0.3) is 0 Å². The lowest BCUT2D eigenvalue weighted by molar-refractivity contribution is -0.144. The fourth-order valence-electron chi connectivity index (χ4n) is 2.20. The fourth-order valence-corrected chi connectivity index (χ4v) is 2.43. The molecule has 0 unspecified atom stereocenters. The molecule has 0 saturated heterocycles. The molecule has 1 heterocycles. The highest BCUT2D eigenvalue weighted by Gasteiger charge is 2.31. The maximum atomic E-state index is 11.4. The maximum Gasteiger partial charge on any atom is 0.329 e. The van der Waals surface area contributed by atoms with Gasteiger partial charge in [0.15, 0.2) is 5.82 Å². The molecule has 0 amide bonds. The molecule has 0 radical (unpaired) electrons. The average molecular weight is 341 g/mol. The van der Waals surface area contributed by atoms with Crippen LogP contribution in [0.3, 0.4) is 0 Å². The first-order chi connectivity index (χ1) is 9.61. The third kappa shape index (κ3) is 3.58. The Hall–Kier alpha value is -1.40. The van der Waals surface area contributed by atoms with E-state index in [4.69, 9.17) is 9.57 Å². The van der Waals surface area contributed by atoms with E-state index in [-0.39, 0.29) is 18.1 Å². The van der Waals surface area contributed by atoms with Crippen molar-refractivity contribution < 1.29 is 14.4 Å². The number of methoxy groups -OCH3 is 1. The summed E-state index contributed by atoms with van der Waals surface area (Å²) in [6.45, 7) is 1.38. The summed E-state index contributed by atoms with van der Waals surface area (Å²) >= 11 is 3.34. The number of carbonyl (C=O) groups excluding carboxylic acids is 1. The maximum absolute atomic E-state index is 11.4. The number of rotatable bonds is 4. The second kappa shape index (κ2) is 6.85. The molecule has 0 bridgehead atoms. The first-order valence-corrected chi connectivity index (χ1v) is 7.20.